The van der Waals surface area contributed by atoms with E-state index in [1.165, 1.54) is 22.5 Å². The number of aryl methyl sites for hydroxylation is 3. The van der Waals surface area contributed by atoms with Crippen molar-refractivity contribution >= 4 is 21.6 Å². The van der Waals surface area contributed by atoms with Crippen LogP contribution in [-0.4, -0.2) is 9.55 Å². The number of thiophene rings is 1. The van der Waals surface area contributed by atoms with Gasteiger partial charge in [-0.15, -0.1) is 17.8 Å². The van der Waals surface area contributed by atoms with Crippen LogP contribution in [0.5, 0.6) is 0 Å². The van der Waals surface area contributed by atoms with Crippen LogP contribution in [-0.2, 0) is 13.0 Å². The van der Waals surface area contributed by atoms with Gasteiger partial charge in [-0.3, -0.25) is 9.36 Å². The molecule has 122 valence electrons. The van der Waals surface area contributed by atoms with Crippen molar-refractivity contribution in [3.8, 4) is 23.5 Å². The van der Waals surface area contributed by atoms with E-state index in [0.29, 0.717) is 5.39 Å². The lowest BCUT2D eigenvalue weighted by atomic mass is 10.0. The predicted molar refractivity (Wildman–Crippen MR) is 102 cm³/mol. The molecular formula is C20H20N2OS. The zero-order chi connectivity index (χ0) is 17.3. The maximum absolute atomic E-state index is 13.1. The third-order valence-corrected chi connectivity index (χ3v) is 5.19. The van der Waals surface area contributed by atoms with Crippen LogP contribution in [0.1, 0.15) is 30.3 Å². The zero-order valence-electron chi connectivity index (χ0n) is 14.2. The summed E-state index contributed by atoms with van der Waals surface area (Å²) in [6, 6.07) is 6.28. The molecule has 0 atom stereocenters. The van der Waals surface area contributed by atoms with Gasteiger partial charge in [-0.1, -0.05) is 31.0 Å². The highest BCUT2D eigenvalue weighted by Crippen LogP contribution is 2.32. The van der Waals surface area contributed by atoms with Crippen molar-refractivity contribution in [1.29, 1.82) is 0 Å². The minimum Gasteiger partial charge on any atom is -0.284 e. The van der Waals surface area contributed by atoms with Gasteiger partial charge in [0.2, 0.25) is 0 Å². The van der Waals surface area contributed by atoms with Gasteiger partial charge in [0.15, 0.2) is 0 Å². The van der Waals surface area contributed by atoms with Crippen molar-refractivity contribution in [2.24, 2.45) is 0 Å². The number of terminal acetylenes is 1. The van der Waals surface area contributed by atoms with Gasteiger partial charge in [-0.25, -0.2) is 4.98 Å². The molecule has 1 aromatic carbocycles. The summed E-state index contributed by atoms with van der Waals surface area (Å²) >= 11 is 1.52. The maximum atomic E-state index is 13.1. The summed E-state index contributed by atoms with van der Waals surface area (Å²) < 4.78 is 1.64. The number of rotatable bonds is 4. The van der Waals surface area contributed by atoms with E-state index in [1.807, 2.05) is 5.38 Å². The molecule has 3 rings (SSSR count). The lowest BCUT2D eigenvalue weighted by molar-refractivity contribution is 0.686. The van der Waals surface area contributed by atoms with Crippen LogP contribution in [0.4, 0.5) is 0 Å². The molecule has 3 aromatic rings. The fourth-order valence-corrected chi connectivity index (χ4v) is 3.81. The molecule has 0 spiro atoms. The summed E-state index contributed by atoms with van der Waals surface area (Å²) in [4.78, 5) is 18.6. The second-order valence-corrected chi connectivity index (χ2v) is 6.86. The summed E-state index contributed by atoms with van der Waals surface area (Å²) in [7, 11) is 0. The van der Waals surface area contributed by atoms with Crippen molar-refractivity contribution in [3.05, 3.63) is 50.9 Å². The first-order chi connectivity index (χ1) is 11.6. The molecule has 0 unspecified atom stereocenters. The van der Waals surface area contributed by atoms with Crippen molar-refractivity contribution in [3.63, 3.8) is 0 Å². The molecule has 0 bridgehead atoms. The van der Waals surface area contributed by atoms with Gasteiger partial charge in [0.05, 0.1) is 11.9 Å². The number of nitrogens with zero attached hydrogens (tertiary/aromatic N) is 2. The summed E-state index contributed by atoms with van der Waals surface area (Å²) in [5, 5.41) is 2.71. The number of benzene rings is 1. The highest BCUT2D eigenvalue weighted by Gasteiger charge is 2.16. The molecule has 2 aromatic heterocycles. The van der Waals surface area contributed by atoms with Gasteiger partial charge < -0.3 is 0 Å². The van der Waals surface area contributed by atoms with Crippen LogP contribution >= 0.6 is 11.3 Å². The highest BCUT2D eigenvalue weighted by atomic mass is 32.1. The minimum atomic E-state index is -0.0316. The van der Waals surface area contributed by atoms with Crippen LogP contribution < -0.4 is 5.56 Å². The van der Waals surface area contributed by atoms with Crippen LogP contribution in [0.2, 0.25) is 0 Å². The molecule has 0 aliphatic heterocycles. The minimum absolute atomic E-state index is 0.0316. The lowest BCUT2D eigenvalue weighted by Gasteiger charge is -2.10. The largest absolute Gasteiger partial charge is 0.284 e. The van der Waals surface area contributed by atoms with Crippen molar-refractivity contribution < 1.29 is 0 Å². The molecular weight excluding hydrogens is 316 g/mol. The molecule has 0 amide bonds. The highest BCUT2D eigenvalue weighted by molar-refractivity contribution is 7.17. The molecule has 0 N–H and O–H groups in total. The van der Waals surface area contributed by atoms with Crippen LogP contribution in [0.25, 0.3) is 21.3 Å². The first-order valence-electron chi connectivity index (χ1n) is 8.08. The number of hydrogen-bond donors (Lipinski definition) is 0. The molecule has 0 fully saturated rings. The molecule has 0 aliphatic carbocycles. The maximum Gasteiger partial charge on any atom is 0.263 e. The van der Waals surface area contributed by atoms with E-state index in [0.717, 1.165) is 34.6 Å². The van der Waals surface area contributed by atoms with Gasteiger partial charge in [-0.05, 0) is 37.0 Å². The molecule has 3 nitrogen and oxygen atoms in total. The molecule has 0 aliphatic rings. The third-order valence-electron chi connectivity index (χ3n) is 4.31. The quantitative estimate of drug-likeness (QED) is 0.665. The fourth-order valence-electron chi connectivity index (χ4n) is 2.86. The van der Waals surface area contributed by atoms with Gasteiger partial charge in [0, 0.05) is 17.4 Å². The Balaban J connectivity index is 2.28. The van der Waals surface area contributed by atoms with E-state index in [-0.39, 0.29) is 12.1 Å². The summed E-state index contributed by atoms with van der Waals surface area (Å²) in [5.41, 5.74) is 4.43. The van der Waals surface area contributed by atoms with E-state index in [1.54, 1.807) is 4.57 Å². The van der Waals surface area contributed by atoms with Crippen LogP contribution in [0.3, 0.4) is 0 Å². The first-order valence-corrected chi connectivity index (χ1v) is 8.96. The van der Waals surface area contributed by atoms with Crippen LogP contribution in [0, 0.1) is 26.2 Å². The number of hydrogen-bond acceptors (Lipinski definition) is 3. The van der Waals surface area contributed by atoms with E-state index in [2.05, 4.69) is 44.9 Å². The molecule has 0 saturated carbocycles. The molecule has 0 radical (unpaired) electrons. The van der Waals surface area contributed by atoms with Crippen molar-refractivity contribution in [2.45, 2.75) is 40.2 Å². The second kappa shape index (κ2) is 6.62. The lowest BCUT2D eigenvalue weighted by Crippen LogP contribution is -2.24. The molecule has 24 heavy (non-hydrogen) atoms. The van der Waals surface area contributed by atoms with E-state index in [4.69, 9.17) is 11.4 Å². The van der Waals surface area contributed by atoms with E-state index < -0.39 is 0 Å². The van der Waals surface area contributed by atoms with Crippen molar-refractivity contribution in [1.82, 2.24) is 9.55 Å². The van der Waals surface area contributed by atoms with Gasteiger partial charge in [0.25, 0.3) is 5.56 Å². The summed E-state index contributed by atoms with van der Waals surface area (Å²) in [6.07, 6.45) is 7.15. The Morgan fingerprint density at radius 2 is 2.08 bits per heavy atom. The zero-order valence-corrected chi connectivity index (χ0v) is 15.0. The number of aromatic nitrogens is 2. The van der Waals surface area contributed by atoms with Gasteiger partial charge >= 0.3 is 0 Å². The Kier molecular flexibility index (Phi) is 4.55. The molecule has 2 heterocycles. The first kappa shape index (κ1) is 16.5. The molecule has 4 heteroatoms. The average molecular weight is 336 g/mol. The number of fused-ring (bicyclic) bond motifs is 1. The Morgan fingerprint density at radius 3 is 2.75 bits per heavy atom. The predicted octanol–water partition coefficient (Wildman–Crippen LogP) is 4.33. The third kappa shape index (κ3) is 2.76. The van der Waals surface area contributed by atoms with E-state index in [9.17, 15) is 4.79 Å². The monoisotopic (exact) mass is 336 g/mol. The topological polar surface area (TPSA) is 34.9 Å². The Labute approximate surface area is 146 Å². The SMILES string of the molecule is C#CCn1c(CCC)nc2scc(-c3ccc(C)c(C)c3)c2c1=O. The smallest absolute Gasteiger partial charge is 0.263 e. The fraction of sp³-hybridized carbons (Fsp3) is 0.300. The second-order valence-electron chi connectivity index (χ2n) is 6.00. The summed E-state index contributed by atoms with van der Waals surface area (Å²) in [6.45, 7) is 6.51. The van der Waals surface area contributed by atoms with Crippen molar-refractivity contribution in [2.75, 3.05) is 0 Å². The Morgan fingerprint density at radius 1 is 1.29 bits per heavy atom. The summed E-state index contributed by atoms with van der Waals surface area (Å²) in [5.74, 6) is 3.36. The van der Waals surface area contributed by atoms with Gasteiger partial charge in [-0.2, -0.15) is 0 Å². The Bertz CT molecular complexity index is 1000. The molecule has 0 saturated heterocycles. The normalized spacial score (nSPS) is 10.9. The standard InChI is InChI=1S/C20H20N2OS/c1-5-7-17-21-19-18(20(23)22(17)10-6-2)16(12-24-19)15-9-8-13(3)14(4)11-15/h2,8-9,11-12H,5,7,10H2,1,3-4H3. The average Bonchev–Trinajstić information content (AvgIpc) is 2.98. The van der Waals surface area contributed by atoms with Gasteiger partial charge in [0.1, 0.15) is 10.7 Å². The Hall–Kier alpha value is -2.38. The van der Waals surface area contributed by atoms with E-state index >= 15 is 0 Å². The van der Waals surface area contributed by atoms with Crippen LogP contribution in [0.15, 0.2) is 28.4 Å².